The van der Waals surface area contributed by atoms with Crippen LogP contribution in [0.1, 0.15) is 116 Å². The van der Waals surface area contributed by atoms with E-state index in [1.165, 1.54) is 44.9 Å². The highest BCUT2D eigenvalue weighted by Crippen LogP contribution is 2.37. The van der Waals surface area contributed by atoms with Crippen molar-refractivity contribution < 1.29 is 24.9 Å². The van der Waals surface area contributed by atoms with Gasteiger partial charge in [0, 0.05) is 12.3 Å². The van der Waals surface area contributed by atoms with Gasteiger partial charge < -0.3 is 15.3 Å². The fourth-order valence-corrected chi connectivity index (χ4v) is 5.72. The average molecular weight is 439 g/mol. The van der Waals surface area contributed by atoms with Crippen LogP contribution in [0.2, 0.25) is 0 Å². The Balaban J connectivity index is 1.59. The Kier molecular flexibility index (Phi) is 12.1. The molecule has 0 spiro atoms. The van der Waals surface area contributed by atoms with E-state index >= 15 is 0 Å². The first-order valence-electron chi connectivity index (χ1n) is 13.0. The van der Waals surface area contributed by atoms with Crippen molar-refractivity contribution in [3.8, 4) is 0 Å². The van der Waals surface area contributed by atoms with Crippen LogP contribution in [0.4, 0.5) is 0 Å². The number of unbranched alkanes of at least 4 members (excludes halogenated alkanes) is 4. The molecule has 5 nitrogen and oxygen atoms in total. The van der Waals surface area contributed by atoms with Crippen LogP contribution in [0.5, 0.6) is 0 Å². The van der Waals surface area contributed by atoms with E-state index in [0.717, 1.165) is 50.9 Å². The van der Waals surface area contributed by atoms with Gasteiger partial charge in [-0.3, -0.25) is 9.59 Å². The number of aliphatic hydroxyl groups is 2. The number of ketones is 1. The number of carboxylic acid groups (broad SMARTS) is 1. The second-order valence-corrected chi connectivity index (χ2v) is 10.4. The quantitative estimate of drug-likeness (QED) is 0.276. The van der Waals surface area contributed by atoms with Crippen molar-refractivity contribution in [3.05, 3.63) is 0 Å². The molecule has 0 aromatic heterocycles. The topological polar surface area (TPSA) is 94.8 Å². The summed E-state index contributed by atoms with van der Waals surface area (Å²) in [6, 6.07) is 0. The zero-order valence-corrected chi connectivity index (χ0v) is 19.6. The summed E-state index contributed by atoms with van der Waals surface area (Å²) in [5.41, 5.74) is 0. The molecule has 0 aromatic rings. The molecule has 2 saturated carbocycles. The molecule has 2 unspecified atom stereocenters. The predicted octanol–water partition coefficient (Wildman–Crippen LogP) is 5.51. The second-order valence-electron chi connectivity index (χ2n) is 10.4. The summed E-state index contributed by atoms with van der Waals surface area (Å²) in [6.45, 7) is 1.73. The Morgan fingerprint density at radius 2 is 1.58 bits per heavy atom. The molecule has 2 aliphatic rings. The molecule has 0 aliphatic heterocycles. The molecule has 2 aliphatic carbocycles. The first-order valence-corrected chi connectivity index (χ1v) is 13.0. The van der Waals surface area contributed by atoms with Crippen LogP contribution in [-0.2, 0) is 9.59 Å². The van der Waals surface area contributed by atoms with Crippen molar-refractivity contribution in [2.45, 2.75) is 128 Å². The molecule has 31 heavy (non-hydrogen) atoms. The fraction of sp³-hybridized carbons (Fsp3) is 0.923. The van der Waals surface area contributed by atoms with Crippen molar-refractivity contribution >= 4 is 11.8 Å². The number of aliphatic hydroxyl groups excluding tert-OH is 2. The summed E-state index contributed by atoms with van der Waals surface area (Å²) >= 11 is 0. The maximum absolute atomic E-state index is 12.4. The smallest absolute Gasteiger partial charge is 0.306 e. The second kappa shape index (κ2) is 14.3. The Morgan fingerprint density at radius 1 is 0.935 bits per heavy atom. The maximum Gasteiger partial charge on any atom is 0.306 e. The van der Waals surface area contributed by atoms with Crippen LogP contribution >= 0.6 is 0 Å². The monoisotopic (exact) mass is 438 g/mol. The van der Waals surface area contributed by atoms with Crippen LogP contribution in [0.25, 0.3) is 0 Å². The van der Waals surface area contributed by atoms with Crippen molar-refractivity contribution in [3.63, 3.8) is 0 Å². The molecule has 3 N–H and O–H groups in total. The molecule has 5 atom stereocenters. The Labute approximate surface area is 189 Å². The van der Waals surface area contributed by atoms with Crippen molar-refractivity contribution in [2.24, 2.45) is 23.7 Å². The van der Waals surface area contributed by atoms with E-state index in [4.69, 9.17) is 5.11 Å². The minimum atomic E-state index is -0.749. The lowest BCUT2D eigenvalue weighted by Gasteiger charge is -2.22. The van der Waals surface area contributed by atoms with Gasteiger partial charge >= 0.3 is 5.97 Å². The van der Waals surface area contributed by atoms with Crippen LogP contribution in [-0.4, -0.2) is 39.3 Å². The largest absolute Gasteiger partial charge is 0.481 e. The highest BCUT2D eigenvalue weighted by Gasteiger charge is 2.40. The standard InChI is InChI=1S/C26H46O5/c1-19(26(30)31)10-4-2-7-15-22-23(25(29)18-24(22)28)17-16-21(27)14-6-3-5-11-20-12-8-9-13-20/h19-23,25,27,29H,2-18H2,1H3,(H,30,31)/t19?,21?,22-,23-,25-/m1/s1. The molecule has 5 heteroatoms. The van der Waals surface area contributed by atoms with Crippen LogP contribution in [0.3, 0.4) is 0 Å². The Morgan fingerprint density at radius 3 is 2.26 bits per heavy atom. The lowest BCUT2D eigenvalue weighted by Crippen LogP contribution is -2.22. The number of rotatable bonds is 16. The van der Waals surface area contributed by atoms with Gasteiger partial charge in [0.25, 0.3) is 0 Å². The number of carbonyl (C=O) groups excluding carboxylic acids is 1. The summed E-state index contributed by atoms with van der Waals surface area (Å²) in [4.78, 5) is 23.2. The lowest BCUT2D eigenvalue weighted by molar-refractivity contribution is -0.141. The van der Waals surface area contributed by atoms with E-state index < -0.39 is 12.1 Å². The van der Waals surface area contributed by atoms with E-state index in [9.17, 15) is 19.8 Å². The number of carboxylic acids is 1. The Hall–Kier alpha value is -0.940. The highest BCUT2D eigenvalue weighted by molar-refractivity contribution is 5.84. The van der Waals surface area contributed by atoms with Crippen molar-refractivity contribution in [1.82, 2.24) is 0 Å². The third-order valence-corrected chi connectivity index (χ3v) is 7.87. The summed E-state index contributed by atoms with van der Waals surface area (Å²) < 4.78 is 0. The lowest BCUT2D eigenvalue weighted by atomic mass is 9.85. The van der Waals surface area contributed by atoms with Gasteiger partial charge in [0.1, 0.15) is 5.78 Å². The number of hydrogen-bond acceptors (Lipinski definition) is 4. The van der Waals surface area contributed by atoms with Crippen LogP contribution in [0.15, 0.2) is 0 Å². The molecular formula is C26H46O5. The zero-order valence-electron chi connectivity index (χ0n) is 19.6. The highest BCUT2D eigenvalue weighted by atomic mass is 16.4. The molecule has 0 amide bonds. The molecular weight excluding hydrogens is 392 g/mol. The van der Waals surface area contributed by atoms with E-state index in [0.29, 0.717) is 12.8 Å². The average Bonchev–Trinajstić information content (AvgIpc) is 3.33. The first-order chi connectivity index (χ1) is 14.9. The van der Waals surface area contributed by atoms with Crippen molar-refractivity contribution in [2.75, 3.05) is 0 Å². The maximum atomic E-state index is 12.4. The molecule has 2 rings (SSSR count). The minimum absolute atomic E-state index is 0.0255. The third-order valence-electron chi connectivity index (χ3n) is 7.87. The molecule has 180 valence electrons. The summed E-state index contributed by atoms with van der Waals surface area (Å²) in [6.07, 6.45) is 16.2. The van der Waals surface area contributed by atoms with Gasteiger partial charge in [-0.15, -0.1) is 0 Å². The zero-order chi connectivity index (χ0) is 22.6. The number of hydrogen-bond donors (Lipinski definition) is 3. The molecule has 0 aromatic carbocycles. The predicted molar refractivity (Wildman–Crippen MR) is 123 cm³/mol. The molecule has 0 saturated heterocycles. The van der Waals surface area contributed by atoms with Gasteiger partial charge in [-0.05, 0) is 43.9 Å². The van der Waals surface area contributed by atoms with Gasteiger partial charge in [0.05, 0.1) is 18.1 Å². The van der Waals surface area contributed by atoms with E-state index in [2.05, 4.69) is 0 Å². The van der Waals surface area contributed by atoms with E-state index in [1.807, 2.05) is 0 Å². The SMILES string of the molecule is CC(CCCCC[C@H]1C(=O)C[C@@H](O)[C@@H]1CCC(O)CCCCCC1CCCC1)C(=O)O. The van der Waals surface area contributed by atoms with E-state index in [-0.39, 0.29) is 36.1 Å². The van der Waals surface area contributed by atoms with Gasteiger partial charge in [-0.1, -0.05) is 77.6 Å². The van der Waals surface area contributed by atoms with Gasteiger partial charge in [0.15, 0.2) is 0 Å². The normalized spacial score (nSPS) is 26.4. The number of carbonyl (C=O) groups is 2. The number of aliphatic carboxylic acids is 1. The summed E-state index contributed by atoms with van der Waals surface area (Å²) in [5.74, 6) is -0.0667. The molecule has 2 fully saturated rings. The summed E-state index contributed by atoms with van der Waals surface area (Å²) in [5, 5.41) is 29.7. The van der Waals surface area contributed by atoms with Crippen LogP contribution < -0.4 is 0 Å². The van der Waals surface area contributed by atoms with Crippen LogP contribution in [0, 0.1) is 23.7 Å². The van der Waals surface area contributed by atoms with Crippen molar-refractivity contribution in [1.29, 1.82) is 0 Å². The molecule has 0 heterocycles. The summed E-state index contributed by atoms with van der Waals surface area (Å²) in [7, 11) is 0. The number of Topliss-reactive ketones (excluding diaryl/α,β-unsaturated/α-hetero) is 1. The van der Waals surface area contributed by atoms with E-state index in [1.54, 1.807) is 6.92 Å². The third kappa shape index (κ3) is 9.61. The first kappa shape index (κ1) is 26.3. The van der Waals surface area contributed by atoms with Gasteiger partial charge in [0.2, 0.25) is 0 Å². The molecule has 0 radical (unpaired) electrons. The minimum Gasteiger partial charge on any atom is -0.481 e. The fourth-order valence-electron chi connectivity index (χ4n) is 5.72. The van der Waals surface area contributed by atoms with Gasteiger partial charge in [-0.2, -0.15) is 0 Å². The Bertz CT molecular complexity index is 528. The molecule has 0 bridgehead atoms. The van der Waals surface area contributed by atoms with Gasteiger partial charge in [-0.25, -0.2) is 0 Å².